The molecule has 1 amide bonds. The molecule has 1 saturated heterocycles. The van der Waals surface area contributed by atoms with E-state index in [1.165, 1.54) is 0 Å². The Labute approximate surface area is 131 Å². The molecule has 0 aromatic carbocycles. The second-order valence-corrected chi connectivity index (χ2v) is 7.05. The summed E-state index contributed by atoms with van der Waals surface area (Å²) < 4.78 is 24.3. The Hall–Kier alpha value is -1.59. The van der Waals surface area contributed by atoms with Crippen LogP contribution in [0.1, 0.15) is 48.0 Å². The first-order valence-electron chi connectivity index (χ1n) is 7.52. The maximum absolute atomic E-state index is 14.2. The summed E-state index contributed by atoms with van der Waals surface area (Å²) in [6, 6.07) is 0. The van der Waals surface area contributed by atoms with Crippen molar-refractivity contribution >= 4 is 12.1 Å². The molecule has 0 saturated carbocycles. The molecule has 1 fully saturated rings. The third kappa shape index (κ3) is 4.71. The molecule has 0 spiro atoms. The van der Waals surface area contributed by atoms with Crippen LogP contribution >= 0.6 is 0 Å². The predicted octanol–water partition coefficient (Wildman–Crippen LogP) is 3.44. The minimum atomic E-state index is -0.934. The van der Waals surface area contributed by atoms with E-state index in [-0.39, 0.29) is 13.0 Å². The van der Waals surface area contributed by atoms with Crippen molar-refractivity contribution in [1.82, 2.24) is 4.90 Å². The molecule has 0 atom stereocenters. The molecule has 0 unspecified atom stereocenters. The zero-order valence-corrected chi connectivity index (χ0v) is 14.3. The van der Waals surface area contributed by atoms with Crippen molar-refractivity contribution in [2.45, 2.75) is 53.6 Å². The number of rotatable bonds is 2. The Morgan fingerprint density at radius 1 is 1.32 bits per heavy atom. The number of piperidine rings is 1. The van der Waals surface area contributed by atoms with Gasteiger partial charge in [0.25, 0.3) is 0 Å². The van der Waals surface area contributed by atoms with Crippen molar-refractivity contribution in [1.29, 1.82) is 0 Å². The van der Waals surface area contributed by atoms with Crippen LogP contribution < -0.4 is 0 Å². The number of likely N-dealkylation sites (tertiary alicyclic amines) is 1. The third-order valence-electron chi connectivity index (χ3n) is 3.41. The van der Waals surface area contributed by atoms with Crippen LogP contribution in [-0.4, -0.2) is 42.3 Å². The smallest absolute Gasteiger partial charge is 0.410 e. The van der Waals surface area contributed by atoms with Gasteiger partial charge in [0.1, 0.15) is 5.60 Å². The average molecular weight is 315 g/mol. The second kappa shape index (κ2) is 6.67. The highest BCUT2D eigenvalue weighted by atomic mass is 19.1. The minimum absolute atomic E-state index is 0.129. The summed E-state index contributed by atoms with van der Waals surface area (Å²) in [6.07, 6.45) is -0.132. The molecule has 0 N–H and O–H groups in total. The number of hydrogen-bond acceptors (Lipinski definition) is 4. The number of halogens is 1. The standard InChI is InChI=1S/C16H26FNO4/c1-7-21-13(19)12(17)11-8-9-18(10-16(11,5)6)14(20)22-15(2,3)4/h7-10H2,1-6H3/b12-11+. The van der Waals surface area contributed by atoms with Crippen molar-refractivity contribution in [2.75, 3.05) is 19.7 Å². The van der Waals surface area contributed by atoms with E-state index in [1.807, 2.05) is 0 Å². The van der Waals surface area contributed by atoms with Gasteiger partial charge in [0, 0.05) is 18.5 Å². The first-order chi connectivity index (χ1) is 9.98. The number of carbonyl (C=O) groups is 2. The van der Waals surface area contributed by atoms with Gasteiger partial charge in [-0.15, -0.1) is 0 Å². The molecule has 1 rings (SSSR count). The van der Waals surface area contributed by atoms with Gasteiger partial charge in [0.2, 0.25) is 5.83 Å². The largest absolute Gasteiger partial charge is 0.461 e. The van der Waals surface area contributed by atoms with E-state index in [0.29, 0.717) is 18.7 Å². The van der Waals surface area contributed by atoms with E-state index in [9.17, 15) is 14.0 Å². The van der Waals surface area contributed by atoms with E-state index in [1.54, 1.807) is 46.4 Å². The van der Waals surface area contributed by atoms with Gasteiger partial charge in [-0.1, -0.05) is 13.8 Å². The van der Waals surface area contributed by atoms with E-state index in [4.69, 9.17) is 9.47 Å². The highest BCUT2D eigenvalue weighted by molar-refractivity contribution is 5.87. The summed E-state index contributed by atoms with van der Waals surface area (Å²) in [4.78, 5) is 25.2. The van der Waals surface area contributed by atoms with Gasteiger partial charge in [-0.3, -0.25) is 0 Å². The van der Waals surface area contributed by atoms with Crippen molar-refractivity contribution < 1.29 is 23.5 Å². The summed E-state index contributed by atoms with van der Waals surface area (Å²) in [7, 11) is 0. The summed E-state index contributed by atoms with van der Waals surface area (Å²) >= 11 is 0. The zero-order chi connectivity index (χ0) is 17.1. The molecular weight excluding hydrogens is 289 g/mol. The Balaban J connectivity index is 2.88. The third-order valence-corrected chi connectivity index (χ3v) is 3.41. The van der Waals surface area contributed by atoms with Crippen LogP contribution in [0.4, 0.5) is 9.18 Å². The summed E-state index contributed by atoms with van der Waals surface area (Å²) in [5.74, 6) is -1.77. The van der Waals surface area contributed by atoms with Crippen LogP contribution in [0.25, 0.3) is 0 Å². The van der Waals surface area contributed by atoms with Crippen LogP contribution in [0.2, 0.25) is 0 Å². The van der Waals surface area contributed by atoms with Gasteiger partial charge in [-0.25, -0.2) is 9.59 Å². The van der Waals surface area contributed by atoms with Crippen LogP contribution in [0.5, 0.6) is 0 Å². The topological polar surface area (TPSA) is 55.8 Å². The van der Waals surface area contributed by atoms with Crippen molar-refractivity contribution in [3.63, 3.8) is 0 Å². The molecule has 0 aliphatic carbocycles. The Morgan fingerprint density at radius 2 is 1.91 bits per heavy atom. The number of ether oxygens (including phenoxy) is 2. The van der Waals surface area contributed by atoms with Gasteiger partial charge in [-0.05, 0) is 39.7 Å². The Kier molecular flexibility index (Phi) is 5.59. The maximum Gasteiger partial charge on any atom is 0.410 e. The summed E-state index contributed by atoms with van der Waals surface area (Å²) in [5, 5.41) is 0. The number of carbonyl (C=O) groups excluding carboxylic acids is 2. The lowest BCUT2D eigenvalue weighted by atomic mass is 9.78. The lowest BCUT2D eigenvalue weighted by molar-refractivity contribution is -0.140. The van der Waals surface area contributed by atoms with Crippen LogP contribution in [-0.2, 0) is 14.3 Å². The molecule has 0 bridgehead atoms. The number of nitrogens with zero attached hydrogens (tertiary/aromatic N) is 1. The van der Waals surface area contributed by atoms with Crippen LogP contribution in [0, 0.1) is 5.41 Å². The molecule has 1 aliphatic heterocycles. The van der Waals surface area contributed by atoms with E-state index in [2.05, 4.69) is 0 Å². The molecule has 0 aromatic rings. The van der Waals surface area contributed by atoms with E-state index >= 15 is 0 Å². The fraction of sp³-hybridized carbons (Fsp3) is 0.750. The molecule has 1 heterocycles. The SMILES string of the molecule is CCOC(=O)/C(F)=C1/CCN(C(=O)OC(C)(C)C)CC1(C)C. The lowest BCUT2D eigenvalue weighted by Crippen LogP contribution is -2.47. The Bertz CT molecular complexity index is 477. The van der Waals surface area contributed by atoms with Gasteiger partial charge in [0.05, 0.1) is 6.61 Å². The molecule has 126 valence electrons. The van der Waals surface area contributed by atoms with Gasteiger partial charge in [0.15, 0.2) is 0 Å². The molecule has 5 nitrogen and oxygen atoms in total. The molecule has 22 heavy (non-hydrogen) atoms. The highest BCUT2D eigenvalue weighted by Crippen LogP contribution is 2.37. The van der Waals surface area contributed by atoms with Crippen molar-refractivity contribution in [3.8, 4) is 0 Å². The monoisotopic (exact) mass is 315 g/mol. The van der Waals surface area contributed by atoms with Crippen LogP contribution in [0.15, 0.2) is 11.4 Å². The van der Waals surface area contributed by atoms with E-state index < -0.39 is 28.9 Å². The fourth-order valence-corrected chi connectivity index (χ4v) is 2.44. The molecule has 0 aromatic heterocycles. The average Bonchev–Trinajstić information content (AvgIpc) is 2.35. The first-order valence-corrected chi connectivity index (χ1v) is 7.52. The molecule has 0 radical (unpaired) electrons. The molecule has 6 heteroatoms. The van der Waals surface area contributed by atoms with Crippen molar-refractivity contribution in [3.05, 3.63) is 11.4 Å². The summed E-state index contributed by atoms with van der Waals surface area (Å²) in [6.45, 7) is 11.4. The van der Waals surface area contributed by atoms with Gasteiger partial charge in [-0.2, -0.15) is 4.39 Å². The highest BCUT2D eigenvalue weighted by Gasteiger charge is 2.38. The number of amides is 1. The summed E-state index contributed by atoms with van der Waals surface area (Å²) in [5.41, 5.74) is -0.828. The van der Waals surface area contributed by atoms with E-state index in [0.717, 1.165) is 0 Å². The first kappa shape index (κ1) is 18.5. The maximum atomic E-state index is 14.2. The Morgan fingerprint density at radius 3 is 2.36 bits per heavy atom. The predicted molar refractivity (Wildman–Crippen MR) is 81.0 cm³/mol. The molecular formula is C16H26FNO4. The fourth-order valence-electron chi connectivity index (χ4n) is 2.44. The minimum Gasteiger partial charge on any atom is -0.461 e. The lowest BCUT2D eigenvalue weighted by Gasteiger charge is -2.40. The second-order valence-electron chi connectivity index (χ2n) is 7.05. The zero-order valence-electron chi connectivity index (χ0n) is 14.3. The van der Waals surface area contributed by atoms with Crippen molar-refractivity contribution in [2.24, 2.45) is 5.41 Å². The number of esters is 1. The number of hydrogen-bond donors (Lipinski definition) is 0. The van der Waals surface area contributed by atoms with Gasteiger partial charge < -0.3 is 14.4 Å². The van der Waals surface area contributed by atoms with Crippen LogP contribution in [0.3, 0.4) is 0 Å². The quantitative estimate of drug-likeness (QED) is 0.578. The molecule has 1 aliphatic rings. The normalized spacial score (nSPS) is 20.4. The van der Waals surface area contributed by atoms with Gasteiger partial charge >= 0.3 is 12.1 Å².